The van der Waals surface area contributed by atoms with Gasteiger partial charge in [-0.15, -0.1) is 24.0 Å². The number of aliphatic hydroxyl groups is 1. The molecule has 1 aliphatic heterocycles. The van der Waals surface area contributed by atoms with Crippen LogP contribution in [-0.2, 0) is 16.1 Å². The number of anilines is 1. The van der Waals surface area contributed by atoms with Crippen LogP contribution in [0.1, 0.15) is 64.9 Å². The Labute approximate surface area is 203 Å². The van der Waals surface area contributed by atoms with Gasteiger partial charge in [-0.05, 0) is 50.3 Å². The standard InChI is InChI=1S/C23H38N4O3.HI/c1-4-12-23(29,13-5-2)17-26-22(24-6-3)25-16-18-9-7-10-19(15-18)27-21(28)20-11-8-14-30-20;/h7,9-10,15,20,29H,4-6,8,11-14,16-17H2,1-3H3,(H,27,28)(H2,24,25,26);1H. The first-order chi connectivity index (χ1) is 14.5. The van der Waals surface area contributed by atoms with Crippen molar-refractivity contribution >= 4 is 41.5 Å². The number of nitrogens with one attached hydrogen (secondary N) is 3. The largest absolute Gasteiger partial charge is 0.388 e. The van der Waals surface area contributed by atoms with Crippen LogP contribution in [0, 0.1) is 0 Å². The van der Waals surface area contributed by atoms with Crippen molar-refractivity contribution in [1.29, 1.82) is 0 Å². The number of guanidine groups is 1. The minimum atomic E-state index is -0.716. The van der Waals surface area contributed by atoms with Crippen molar-refractivity contribution in [2.75, 3.05) is 25.0 Å². The first-order valence-corrected chi connectivity index (χ1v) is 11.3. The number of amides is 1. The van der Waals surface area contributed by atoms with E-state index < -0.39 is 5.60 Å². The van der Waals surface area contributed by atoms with Crippen molar-refractivity contribution in [2.24, 2.45) is 4.99 Å². The van der Waals surface area contributed by atoms with E-state index >= 15 is 0 Å². The molecule has 31 heavy (non-hydrogen) atoms. The van der Waals surface area contributed by atoms with Gasteiger partial charge in [0.25, 0.3) is 5.91 Å². The smallest absolute Gasteiger partial charge is 0.253 e. The molecule has 0 bridgehead atoms. The molecule has 8 heteroatoms. The lowest BCUT2D eigenvalue weighted by Gasteiger charge is -2.28. The van der Waals surface area contributed by atoms with Crippen molar-refractivity contribution in [3.8, 4) is 0 Å². The summed E-state index contributed by atoms with van der Waals surface area (Å²) in [5.74, 6) is 0.589. The van der Waals surface area contributed by atoms with Crippen LogP contribution in [0.25, 0.3) is 0 Å². The number of rotatable bonds is 11. The number of nitrogens with zero attached hydrogens (tertiary/aromatic N) is 1. The molecule has 1 fully saturated rings. The molecular weight excluding hydrogens is 507 g/mol. The van der Waals surface area contributed by atoms with E-state index in [0.717, 1.165) is 56.3 Å². The van der Waals surface area contributed by atoms with Crippen LogP contribution in [0.15, 0.2) is 29.3 Å². The van der Waals surface area contributed by atoms with E-state index in [-0.39, 0.29) is 36.0 Å². The van der Waals surface area contributed by atoms with Gasteiger partial charge in [-0.25, -0.2) is 4.99 Å². The number of carbonyl (C=O) groups is 1. The van der Waals surface area contributed by atoms with Gasteiger partial charge in [-0.3, -0.25) is 4.79 Å². The molecule has 1 unspecified atom stereocenters. The van der Waals surface area contributed by atoms with Crippen LogP contribution in [0.5, 0.6) is 0 Å². The molecule has 0 saturated carbocycles. The van der Waals surface area contributed by atoms with Gasteiger partial charge in [0, 0.05) is 25.4 Å². The molecule has 1 atom stereocenters. The maximum atomic E-state index is 12.3. The van der Waals surface area contributed by atoms with Crippen LogP contribution >= 0.6 is 24.0 Å². The summed E-state index contributed by atoms with van der Waals surface area (Å²) in [6.45, 7) is 8.52. The van der Waals surface area contributed by atoms with Gasteiger partial charge in [0.15, 0.2) is 5.96 Å². The predicted molar refractivity (Wildman–Crippen MR) is 137 cm³/mol. The highest BCUT2D eigenvalue weighted by Gasteiger charge is 2.25. The summed E-state index contributed by atoms with van der Waals surface area (Å²) in [7, 11) is 0. The minimum absolute atomic E-state index is 0. The molecule has 1 heterocycles. The Bertz CT molecular complexity index is 687. The molecule has 1 aliphatic rings. The van der Waals surface area contributed by atoms with Crippen molar-refractivity contribution in [3.05, 3.63) is 29.8 Å². The van der Waals surface area contributed by atoms with Crippen LogP contribution in [-0.4, -0.2) is 48.4 Å². The molecule has 1 amide bonds. The highest BCUT2D eigenvalue weighted by atomic mass is 127. The third kappa shape index (κ3) is 9.74. The predicted octanol–water partition coefficient (Wildman–Crippen LogP) is 3.81. The molecule has 0 aliphatic carbocycles. The lowest BCUT2D eigenvalue weighted by Crippen LogP contribution is -2.47. The Balaban J connectivity index is 0.00000480. The third-order valence-electron chi connectivity index (χ3n) is 5.20. The summed E-state index contributed by atoms with van der Waals surface area (Å²) in [6.07, 6.45) is 4.77. The summed E-state index contributed by atoms with van der Waals surface area (Å²) in [6, 6.07) is 7.71. The summed E-state index contributed by atoms with van der Waals surface area (Å²) >= 11 is 0. The van der Waals surface area contributed by atoms with Gasteiger partial charge >= 0.3 is 0 Å². The molecule has 0 radical (unpaired) electrons. The van der Waals surface area contributed by atoms with E-state index in [4.69, 9.17) is 4.74 Å². The maximum Gasteiger partial charge on any atom is 0.253 e. The molecule has 2 rings (SSSR count). The molecule has 1 saturated heterocycles. The van der Waals surface area contributed by atoms with Crippen LogP contribution in [0.3, 0.4) is 0 Å². The van der Waals surface area contributed by atoms with E-state index in [1.165, 1.54) is 0 Å². The van der Waals surface area contributed by atoms with Gasteiger partial charge in [0.2, 0.25) is 0 Å². The fourth-order valence-corrected chi connectivity index (χ4v) is 3.75. The molecule has 176 valence electrons. The third-order valence-corrected chi connectivity index (χ3v) is 5.20. The molecule has 1 aromatic rings. The number of ether oxygens (including phenoxy) is 1. The van der Waals surface area contributed by atoms with Crippen LogP contribution < -0.4 is 16.0 Å². The monoisotopic (exact) mass is 546 g/mol. The number of hydrogen-bond acceptors (Lipinski definition) is 4. The maximum absolute atomic E-state index is 12.3. The average Bonchev–Trinajstić information content (AvgIpc) is 3.26. The normalized spacial score (nSPS) is 16.5. The van der Waals surface area contributed by atoms with Crippen LogP contribution in [0.2, 0.25) is 0 Å². The second-order valence-electron chi connectivity index (χ2n) is 7.96. The molecule has 7 nitrogen and oxygen atoms in total. The van der Waals surface area contributed by atoms with E-state index in [0.29, 0.717) is 25.7 Å². The highest BCUT2D eigenvalue weighted by Crippen LogP contribution is 2.19. The lowest BCUT2D eigenvalue weighted by molar-refractivity contribution is -0.124. The Morgan fingerprint density at radius 1 is 1.23 bits per heavy atom. The minimum Gasteiger partial charge on any atom is -0.388 e. The van der Waals surface area contributed by atoms with Crippen molar-refractivity contribution in [2.45, 2.75) is 77.5 Å². The SMILES string of the molecule is CCCC(O)(CCC)CNC(=NCc1cccc(NC(=O)C2CCCO2)c1)NCC.I. The van der Waals surface area contributed by atoms with E-state index in [9.17, 15) is 9.90 Å². The molecule has 1 aromatic carbocycles. The quantitative estimate of drug-likeness (QED) is 0.193. The summed E-state index contributed by atoms with van der Waals surface area (Å²) in [5.41, 5.74) is 1.03. The average molecular weight is 546 g/mol. The molecule has 0 spiro atoms. The Hall–Kier alpha value is -1.39. The number of benzene rings is 1. The second-order valence-corrected chi connectivity index (χ2v) is 7.96. The molecular formula is C23H39IN4O3. The van der Waals surface area contributed by atoms with Crippen molar-refractivity contribution in [3.63, 3.8) is 0 Å². The van der Waals surface area contributed by atoms with Gasteiger partial charge < -0.3 is 25.8 Å². The summed E-state index contributed by atoms with van der Waals surface area (Å²) in [5, 5.41) is 20.3. The number of aliphatic imine (C=N–C) groups is 1. The first-order valence-electron chi connectivity index (χ1n) is 11.3. The second kappa shape index (κ2) is 14.6. The Morgan fingerprint density at radius 2 is 1.97 bits per heavy atom. The van der Waals surface area contributed by atoms with E-state index in [2.05, 4.69) is 34.8 Å². The zero-order chi connectivity index (χ0) is 21.8. The van der Waals surface area contributed by atoms with Gasteiger partial charge in [0.05, 0.1) is 12.1 Å². The highest BCUT2D eigenvalue weighted by molar-refractivity contribution is 14.0. The zero-order valence-electron chi connectivity index (χ0n) is 19.1. The van der Waals surface area contributed by atoms with Gasteiger partial charge in [0.1, 0.15) is 6.10 Å². The van der Waals surface area contributed by atoms with E-state index in [1.54, 1.807) is 0 Å². The lowest BCUT2D eigenvalue weighted by atomic mass is 9.93. The molecule has 4 N–H and O–H groups in total. The number of carbonyl (C=O) groups excluding carboxylic acids is 1. The fourth-order valence-electron chi connectivity index (χ4n) is 3.75. The Kier molecular flexibility index (Phi) is 13.0. The summed E-state index contributed by atoms with van der Waals surface area (Å²) in [4.78, 5) is 16.9. The van der Waals surface area contributed by atoms with Crippen LogP contribution in [0.4, 0.5) is 5.69 Å². The molecule has 0 aromatic heterocycles. The topological polar surface area (TPSA) is 95.0 Å². The fraction of sp³-hybridized carbons (Fsp3) is 0.652. The number of hydrogen-bond donors (Lipinski definition) is 4. The van der Waals surface area contributed by atoms with E-state index in [1.807, 2.05) is 31.2 Å². The summed E-state index contributed by atoms with van der Waals surface area (Å²) < 4.78 is 5.44. The van der Waals surface area contributed by atoms with Gasteiger partial charge in [-0.1, -0.05) is 38.8 Å². The first kappa shape index (κ1) is 27.6. The number of halogens is 1. The van der Waals surface area contributed by atoms with Crippen molar-refractivity contribution in [1.82, 2.24) is 10.6 Å². The van der Waals surface area contributed by atoms with Crippen molar-refractivity contribution < 1.29 is 14.6 Å². The zero-order valence-corrected chi connectivity index (χ0v) is 21.4. The van der Waals surface area contributed by atoms with Gasteiger partial charge in [-0.2, -0.15) is 0 Å². The Morgan fingerprint density at radius 3 is 2.58 bits per heavy atom.